The molecule has 3 aromatic rings. The van der Waals surface area contributed by atoms with Crippen LogP contribution in [0.3, 0.4) is 0 Å². The molecule has 2 saturated carbocycles. The van der Waals surface area contributed by atoms with Crippen molar-refractivity contribution in [3.63, 3.8) is 0 Å². The fourth-order valence-electron chi connectivity index (χ4n) is 4.72. The predicted octanol–water partition coefficient (Wildman–Crippen LogP) is 5.44. The monoisotopic (exact) mass is 427 g/mol. The zero-order valence-corrected chi connectivity index (χ0v) is 17.7. The van der Waals surface area contributed by atoms with Crippen molar-refractivity contribution in [1.82, 2.24) is 15.3 Å². The first-order chi connectivity index (χ1) is 14.0. The summed E-state index contributed by atoms with van der Waals surface area (Å²) < 4.78 is 5.92. The van der Waals surface area contributed by atoms with E-state index >= 15 is 0 Å². The molecule has 5 rings (SSSR count). The Bertz CT molecular complexity index is 1070. The third-order valence-electron chi connectivity index (χ3n) is 6.06. The van der Waals surface area contributed by atoms with Gasteiger partial charge < -0.3 is 9.73 Å². The number of carbonyl (C=O) groups is 1. The summed E-state index contributed by atoms with van der Waals surface area (Å²) in [7, 11) is 0. The summed E-state index contributed by atoms with van der Waals surface area (Å²) in [5.74, 6) is 2.12. The van der Waals surface area contributed by atoms with Gasteiger partial charge in [0.2, 0.25) is 0 Å². The molecular formula is C22H22ClN3O2S. The minimum absolute atomic E-state index is 0.00286. The van der Waals surface area contributed by atoms with Crippen molar-refractivity contribution in [3.8, 4) is 0 Å². The Kier molecular flexibility index (Phi) is 4.79. The summed E-state index contributed by atoms with van der Waals surface area (Å²) in [6.07, 6.45) is 5.92. The number of rotatable bonds is 5. The highest BCUT2D eigenvalue weighted by atomic mass is 35.5. The van der Waals surface area contributed by atoms with Crippen LogP contribution in [0.4, 0.5) is 0 Å². The molecule has 150 valence electrons. The van der Waals surface area contributed by atoms with Gasteiger partial charge in [0.1, 0.15) is 5.52 Å². The van der Waals surface area contributed by atoms with Crippen molar-refractivity contribution < 1.29 is 9.21 Å². The molecule has 2 heterocycles. The molecule has 7 heteroatoms. The third kappa shape index (κ3) is 3.64. The molecule has 1 spiro atoms. The number of amides is 1. The maximum Gasteiger partial charge on any atom is 0.251 e. The van der Waals surface area contributed by atoms with Crippen LogP contribution >= 0.6 is 23.4 Å². The second kappa shape index (κ2) is 7.33. The summed E-state index contributed by atoms with van der Waals surface area (Å²) in [5, 5.41) is 4.75. The van der Waals surface area contributed by atoms with Crippen molar-refractivity contribution in [1.29, 1.82) is 0 Å². The molecule has 29 heavy (non-hydrogen) atoms. The van der Waals surface area contributed by atoms with Gasteiger partial charge in [0.15, 0.2) is 11.5 Å². The summed E-state index contributed by atoms with van der Waals surface area (Å²) >= 11 is 7.68. The van der Waals surface area contributed by atoms with Crippen molar-refractivity contribution in [3.05, 3.63) is 53.0 Å². The summed E-state index contributed by atoms with van der Waals surface area (Å²) in [6, 6.07) is 9.45. The van der Waals surface area contributed by atoms with Crippen LogP contribution in [0.1, 0.15) is 54.8 Å². The van der Waals surface area contributed by atoms with E-state index in [2.05, 4.69) is 22.2 Å². The quantitative estimate of drug-likeness (QED) is 0.548. The highest BCUT2D eigenvalue weighted by Gasteiger charge is 2.54. The van der Waals surface area contributed by atoms with Crippen molar-refractivity contribution >= 4 is 40.4 Å². The van der Waals surface area contributed by atoms with Crippen LogP contribution in [0.5, 0.6) is 0 Å². The number of aromatic nitrogens is 2. The Balaban J connectivity index is 1.15. The predicted molar refractivity (Wildman–Crippen MR) is 115 cm³/mol. The Labute approximate surface area is 178 Å². The molecule has 0 bridgehead atoms. The number of oxazole rings is 1. The number of thioether (sulfide) groups is 1. The molecule has 0 unspecified atom stereocenters. The molecule has 1 amide bonds. The van der Waals surface area contributed by atoms with E-state index in [1.807, 2.05) is 24.3 Å². The molecule has 2 aliphatic carbocycles. The van der Waals surface area contributed by atoms with E-state index in [1.54, 1.807) is 24.0 Å². The van der Waals surface area contributed by atoms with Crippen LogP contribution in [0.15, 0.2) is 46.0 Å². The molecule has 1 N–H and O–H groups in total. The van der Waals surface area contributed by atoms with Gasteiger partial charge in [-0.1, -0.05) is 18.5 Å². The van der Waals surface area contributed by atoms with Crippen LogP contribution in [-0.2, 0) is 0 Å². The zero-order valence-electron chi connectivity index (χ0n) is 16.2. The lowest BCUT2D eigenvalue weighted by atomic mass is 9.50. The van der Waals surface area contributed by atoms with Gasteiger partial charge in [-0.3, -0.25) is 4.79 Å². The lowest BCUT2D eigenvalue weighted by molar-refractivity contribution is -0.0253. The van der Waals surface area contributed by atoms with E-state index in [9.17, 15) is 4.79 Å². The smallest absolute Gasteiger partial charge is 0.251 e. The van der Waals surface area contributed by atoms with Crippen LogP contribution in [0.2, 0.25) is 5.02 Å². The number of hydrogen-bond donors (Lipinski definition) is 1. The number of halogens is 1. The van der Waals surface area contributed by atoms with Gasteiger partial charge in [0, 0.05) is 28.7 Å². The van der Waals surface area contributed by atoms with Crippen LogP contribution in [-0.4, -0.2) is 27.7 Å². The van der Waals surface area contributed by atoms with Gasteiger partial charge in [-0.15, -0.1) is 11.8 Å². The highest BCUT2D eigenvalue weighted by molar-refractivity contribution is 7.99. The van der Waals surface area contributed by atoms with E-state index in [-0.39, 0.29) is 11.9 Å². The average molecular weight is 428 g/mol. The molecule has 2 fully saturated rings. The van der Waals surface area contributed by atoms with Crippen molar-refractivity contribution in [2.45, 2.75) is 49.6 Å². The SMILES string of the molecule is CCSc1cc(C(=O)NC2CC3(C2)CC(c2nc4cc(Cl)ccc4o2)C3)ccn1. The maximum atomic E-state index is 12.6. The van der Waals surface area contributed by atoms with E-state index in [0.29, 0.717) is 21.9 Å². The van der Waals surface area contributed by atoms with Crippen LogP contribution in [0.25, 0.3) is 11.1 Å². The van der Waals surface area contributed by atoms with Gasteiger partial charge >= 0.3 is 0 Å². The van der Waals surface area contributed by atoms with E-state index < -0.39 is 0 Å². The molecular weight excluding hydrogens is 406 g/mol. The fraction of sp³-hybridized carbons (Fsp3) is 0.409. The number of carbonyl (C=O) groups excluding carboxylic acids is 1. The molecule has 5 nitrogen and oxygen atoms in total. The summed E-state index contributed by atoms with van der Waals surface area (Å²) in [4.78, 5) is 21.5. The van der Waals surface area contributed by atoms with E-state index in [1.165, 1.54) is 0 Å². The minimum atomic E-state index is -0.00286. The molecule has 2 aromatic heterocycles. The van der Waals surface area contributed by atoms with E-state index in [0.717, 1.165) is 53.5 Å². The molecule has 0 atom stereocenters. The lowest BCUT2D eigenvalue weighted by Crippen LogP contribution is -2.55. The fourth-order valence-corrected chi connectivity index (χ4v) is 5.53. The number of nitrogens with zero attached hydrogens (tertiary/aromatic N) is 2. The molecule has 2 aliphatic rings. The topological polar surface area (TPSA) is 68.0 Å². The Hall–Kier alpha value is -2.05. The first-order valence-electron chi connectivity index (χ1n) is 9.99. The number of nitrogens with one attached hydrogen (secondary N) is 1. The van der Waals surface area contributed by atoms with Gasteiger partial charge in [-0.25, -0.2) is 9.97 Å². The van der Waals surface area contributed by atoms with Gasteiger partial charge in [0.05, 0.1) is 5.03 Å². The molecule has 0 saturated heterocycles. The number of benzene rings is 1. The Morgan fingerprint density at radius 3 is 2.90 bits per heavy atom. The Morgan fingerprint density at radius 1 is 1.28 bits per heavy atom. The third-order valence-corrected chi connectivity index (χ3v) is 7.10. The second-order valence-electron chi connectivity index (χ2n) is 8.16. The molecule has 0 aliphatic heterocycles. The van der Waals surface area contributed by atoms with Gasteiger partial charge in [0.25, 0.3) is 5.91 Å². The van der Waals surface area contributed by atoms with Crippen LogP contribution in [0, 0.1) is 5.41 Å². The van der Waals surface area contributed by atoms with E-state index in [4.69, 9.17) is 16.0 Å². The molecule has 0 radical (unpaired) electrons. The van der Waals surface area contributed by atoms with Crippen molar-refractivity contribution in [2.24, 2.45) is 5.41 Å². The largest absolute Gasteiger partial charge is 0.440 e. The highest BCUT2D eigenvalue weighted by Crippen LogP contribution is 2.61. The first-order valence-corrected chi connectivity index (χ1v) is 11.4. The second-order valence-corrected chi connectivity index (χ2v) is 9.88. The summed E-state index contributed by atoms with van der Waals surface area (Å²) in [6.45, 7) is 2.08. The zero-order chi connectivity index (χ0) is 20.0. The van der Waals surface area contributed by atoms with Gasteiger partial charge in [-0.05, 0) is 67.2 Å². The maximum absolute atomic E-state index is 12.6. The average Bonchev–Trinajstić information content (AvgIpc) is 3.05. The first kappa shape index (κ1) is 18.9. The van der Waals surface area contributed by atoms with Gasteiger partial charge in [-0.2, -0.15) is 0 Å². The number of fused-ring (bicyclic) bond motifs is 1. The molecule has 1 aromatic carbocycles. The normalized spacial score (nSPS) is 25.6. The van der Waals surface area contributed by atoms with Crippen molar-refractivity contribution in [2.75, 3.05) is 5.75 Å². The lowest BCUT2D eigenvalue weighted by Gasteiger charge is -2.57. The number of hydrogen-bond acceptors (Lipinski definition) is 5. The number of pyridine rings is 1. The summed E-state index contributed by atoms with van der Waals surface area (Å²) in [5.41, 5.74) is 2.64. The van der Waals surface area contributed by atoms with Crippen LogP contribution < -0.4 is 5.32 Å². The minimum Gasteiger partial charge on any atom is -0.440 e. The Morgan fingerprint density at radius 2 is 2.10 bits per heavy atom. The standard InChI is InChI=1S/C22H22ClN3O2S/c1-2-29-19-7-13(5-6-24-19)20(27)25-16-11-22(12-16)9-14(10-22)21-26-17-8-15(23)3-4-18(17)28-21/h3-8,14,16H,2,9-12H2,1H3,(H,25,27).